The highest BCUT2D eigenvalue weighted by Crippen LogP contribution is 2.59. The molecule has 0 amide bonds. The minimum atomic E-state index is -3.88. The zero-order valence-corrected chi connectivity index (χ0v) is 20.1. The van der Waals surface area contributed by atoms with E-state index in [-0.39, 0.29) is 41.9 Å². The smallest absolute Gasteiger partial charge is 0.320 e. The van der Waals surface area contributed by atoms with Crippen LogP contribution in [0.2, 0.25) is 0 Å². The van der Waals surface area contributed by atoms with E-state index in [0.717, 1.165) is 16.8 Å². The van der Waals surface area contributed by atoms with Crippen molar-refractivity contribution >= 4 is 30.3 Å². The van der Waals surface area contributed by atoms with Crippen molar-refractivity contribution in [3.8, 4) is 17.0 Å². The molecule has 1 aliphatic heterocycles. The maximum absolute atomic E-state index is 12.9. The van der Waals surface area contributed by atoms with E-state index in [2.05, 4.69) is 4.98 Å². The molecule has 1 aliphatic rings. The molecule has 1 fully saturated rings. The molecule has 3 rings (SSSR count). The van der Waals surface area contributed by atoms with Gasteiger partial charge in [0.25, 0.3) is 0 Å². The van der Waals surface area contributed by atoms with E-state index in [1.54, 1.807) is 30.7 Å². The highest BCUT2D eigenvalue weighted by molar-refractivity contribution is 8.93. The van der Waals surface area contributed by atoms with Gasteiger partial charge in [-0.2, -0.15) is 0 Å². The first-order valence-electron chi connectivity index (χ1n) is 9.96. The molecule has 1 unspecified atom stereocenters. The number of benzene rings is 1. The van der Waals surface area contributed by atoms with Gasteiger partial charge in [0.05, 0.1) is 18.2 Å². The van der Waals surface area contributed by atoms with Crippen LogP contribution in [0.25, 0.3) is 11.3 Å². The number of carboxylic acids is 1. The first kappa shape index (κ1) is 25.5. The minimum Gasteiger partial charge on any atom is -0.508 e. The van der Waals surface area contributed by atoms with Crippen molar-refractivity contribution in [3.05, 3.63) is 36.3 Å². The van der Waals surface area contributed by atoms with Crippen molar-refractivity contribution in [1.29, 1.82) is 0 Å². The number of rotatable bonds is 8. The zero-order valence-electron chi connectivity index (χ0n) is 17.5. The van der Waals surface area contributed by atoms with E-state index in [1.807, 2.05) is 16.5 Å². The van der Waals surface area contributed by atoms with Gasteiger partial charge in [-0.05, 0) is 37.1 Å². The molecule has 172 valence electrons. The van der Waals surface area contributed by atoms with E-state index >= 15 is 0 Å². The average molecular weight is 517 g/mol. The van der Waals surface area contributed by atoms with Crippen LogP contribution in [0, 0.1) is 0 Å². The van der Waals surface area contributed by atoms with Crippen molar-refractivity contribution in [2.75, 3.05) is 25.8 Å². The number of hydrogen-bond donors (Lipinski definition) is 4. The molecule has 0 bridgehead atoms. The van der Waals surface area contributed by atoms with E-state index in [1.165, 1.54) is 0 Å². The van der Waals surface area contributed by atoms with Crippen LogP contribution in [0.5, 0.6) is 5.75 Å². The van der Waals surface area contributed by atoms with Crippen LogP contribution in [0.4, 0.5) is 0 Å². The summed E-state index contributed by atoms with van der Waals surface area (Å²) in [6.07, 6.45) is 4.51. The Balaban J connectivity index is 0.00000341. The molecule has 2 atom stereocenters. The Hall–Kier alpha value is -1.71. The number of carbonyl (C=O) groups is 1. The summed E-state index contributed by atoms with van der Waals surface area (Å²) in [5.41, 5.74) is 8.02. The topological polar surface area (TPSA) is 142 Å². The number of imidazole rings is 1. The molecule has 1 aromatic carbocycles. The minimum absolute atomic E-state index is 0. The molecule has 2 aromatic rings. The fourth-order valence-electron chi connectivity index (χ4n) is 4.12. The van der Waals surface area contributed by atoms with Crippen LogP contribution in [0.1, 0.15) is 24.8 Å². The van der Waals surface area contributed by atoms with E-state index in [0.29, 0.717) is 32.5 Å². The second kappa shape index (κ2) is 10.3. The summed E-state index contributed by atoms with van der Waals surface area (Å²) >= 11 is 0. The third-order valence-corrected chi connectivity index (χ3v) is 8.60. The van der Waals surface area contributed by atoms with Gasteiger partial charge in [-0.25, -0.2) is 4.98 Å². The maximum atomic E-state index is 12.9. The van der Waals surface area contributed by atoms with Crippen molar-refractivity contribution < 1.29 is 24.5 Å². The molecule has 5 N–H and O–H groups in total. The number of carboxylic acid groups (broad SMARTS) is 1. The summed E-state index contributed by atoms with van der Waals surface area (Å²) in [4.78, 5) is 28.8. The average Bonchev–Trinajstić information content (AvgIpc) is 3.11. The predicted octanol–water partition coefficient (Wildman–Crippen LogP) is 2.41. The van der Waals surface area contributed by atoms with Gasteiger partial charge in [-0.15, -0.1) is 17.0 Å². The van der Waals surface area contributed by atoms with Crippen LogP contribution >= 0.6 is 24.4 Å². The molecular weight excluding hydrogens is 487 g/mol. The first-order chi connectivity index (χ1) is 14.2. The zero-order chi connectivity index (χ0) is 21.9. The lowest BCUT2D eigenvalue weighted by atomic mass is 9.98. The number of unbranched alkanes of at least 4 members (excludes halogenated alkanes) is 1. The van der Waals surface area contributed by atoms with Crippen molar-refractivity contribution in [2.24, 2.45) is 12.8 Å². The Morgan fingerprint density at radius 2 is 2.10 bits per heavy atom. The molecule has 9 nitrogen and oxygen atoms in total. The summed E-state index contributed by atoms with van der Waals surface area (Å²) in [5.74, 6) is -1.11. The fraction of sp³-hybridized carbons (Fsp3) is 0.500. The number of hydrogen-bond acceptors (Lipinski definition) is 6. The molecule has 11 heteroatoms. The third kappa shape index (κ3) is 5.21. The molecule has 0 spiro atoms. The summed E-state index contributed by atoms with van der Waals surface area (Å²) in [7, 11) is -2.02. The van der Waals surface area contributed by atoms with Gasteiger partial charge in [0.1, 0.15) is 5.75 Å². The predicted molar refractivity (Wildman–Crippen MR) is 124 cm³/mol. The number of phenolic OH excluding ortho intramolecular Hbond substituents is 1. The summed E-state index contributed by atoms with van der Waals surface area (Å²) < 4.78 is 14.8. The number of nitrogens with two attached hydrogens (primary N) is 1. The van der Waals surface area contributed by atoms with Crippen molar-refractivity contribution in [3.63, 3.8) is 0 Å². The maximum Gasteiger partial charge on any atom is 0.320 e. The number of aromatic nitrogens is 2. The fourth-order valence-corrected chi connectivity index (χ4v) is 6.33. The molecule has 31 heavy (non-hydrogen) atoms. The van der Waals surface area contributed by atoms with Crippen LogP contribution < -0.4 is 5.73 Å². The number of phenols is 1. The Kier molecular flexibility index (Phi) is 8.47. The van der Waals surface area contributed by atoms with Gasteiger partial charge >= 0.3 is 5.97 Å². The Morgan fingerprint density at radius 3 is 2.71 bits per heavy atom. The first-order valence-corrected chi connectivity index (χ1v) is 11.8. The number of aromatic hydroxyl groups is 1. The highest BCUT2D eigenvalue weighted by Gasteiger charge is 2.56. The summed E-state index contributed by atoms with van der Waals surface area (Å²) in [6, 6.07) is 5.03. The Labute approximate surface area is 192 Å². The number of aryl methyl sites for hydroxylation is 1. The van der Waals surface area contributed by atoms with Gasteiger partial charge in [-0.1, -0.05) is 12.5 Å². The lowest BCUT2D eigenvalue weighted by molar-refractivity contribution is -0.141. The summed E-state index contributed by atoms with van der Waals surface area (Å²) in [5, 5.41) is 18.2. The molecule has 0 aliphatic carbocycles. The standard InChI is InChI=1S/C20H29N4O5P.BrH/c1-23-14-22-11-18(23)17-10-16(25)5-4-15(17)12-24-8-9-30(28,29)20(13-24,19(26)27)6-2-3-7-21;/h4-5,10-11,14,25H,2-3,6-9,12-13,21H2,1H3,(H,26,27)(H,28,29);1H/t20-;/m0./s1. The number of aliphatic carboxylic acids is 1. The van der Waals surface area contributed by atoms with Crippen LogP contribution in [0.3, 0.4) is 0 Å². The van der Waals surface area contributed by atoms with Gasteiger partial charge in [0, 0.05) is 38.4 Å². The van der Waals surface area contributed by atoms with Crippen molar-refractivity contribution in [1.82, 2.24) is 14.5 Å². The van der Waals surface area contributed by atoms with E-state index in [4.69, 9.17) is 5.73 Å². The second-order valence-electron chi connectivity index (χ2n) is 7.95. The Morgan fingerprint density at radius 1 is 1.35 bits per heavy atom. The van der Waals surface area contributed by atoms with Gasteiger partial charge in [-0.3, -0.25) is 14.3 Å². The lowest BCUT2D eigenvalue weighted by Crippen LogP contribution is -2.53. The molecule has 2 heterocycles. The molecule has 0 radical (unpaired) electrons. The molecule has 0 saturated carbocycles. The third-order valence-electron chi connectivity index (χ3n) is 5.90. The number of halogens is 1. The Bertz CT molecular complexity index is 969. The van der Waals surface area contributed by atoms with E-state index in [9.17, 15) is 24.5 Å². The van der Waals surface area contributed by atoms with Gasteiger partial charge in [0.15, 0.2) is 5.16 Å². The molecular formula is C20H30BrN4O5P. The van der Waals surface area contributed by atoms with Crippen LogP contribution in [-0.4, -0.2) is 66.5 Å². The normalized spacial score (nSPS) is 24.0. The van der Waals surface area contributed by atoms with E-state index < -0.39 is 18.5 Å². The van der Waals surface area contributed by atoms with Crippen LogP contribution in [-0.2, 0) is 23.0 Å². The van der Waals surface area contributed by atoms with Gasteiger partial charge < -0.3 is 25.4 Å². The summed E-state index contributed by atoms with van der Waals surface area (Å²) in [6.45, 7) is 1.13. The lowest BCUT2D eigenvalue weighted by Gasteiger charge is -2.43. The highest BCUT2D eigenvalue weighted by atomic mass is 79.9. The van der Waals surface area contributed by atoms with Crippen molar-refractivity contribution in [2.45, 2.75) is 31.0 Å². The van der Waals surface area contributed by atoms with Crippen LogP contribution in [0.15, 0.2) is 30.7 Å². The SMILES string of the molecule is Br.Cn1cncc1-c1cc(O)ccc1CN1CCP(=O)(O)[C@](CCCCN)(C(=O)O)C1. The molecule has 1 saturated heterocycles. The van der Waals surface area contributed by atoms with Gasteiger partial charge in [0.2, 0.25) is 7.37 Å². The largest absolute Gasteiger partial charge is 0.508 e. The monoisotopic (exact) mass is 516 g/mol. The number of nitrogens with zero attached hydrogens (tertiary/aromatic N) is 3. The molecule has 1 aromatic heterocycles. The quantitative estimate of drug-likeness (QED) is 0.309. The second-order valence-corrected chi connectivity index (χ2v) is 10.7.